The van der Waals surface area contributed by atoms with Crippen molar-refractivity contribution in [3.63, 3.8) is 0 Å². The number of hydrogen-bond acceptors (Lipinski definition) is 1. The zero-order chi connectivity index (χ0) is 6.83. The summed E-state index contributed by atoms with van der Waals surface area (Å²) in [5.74, 6) is 0. The minimum absolute atomic E-state index is 0.844. The van der Waals surface area contributed by atoms with Gasteiger partial charge in [0.15, 0.2) is 0 Å². The third-order valence-electron chi connectivity index (χ3n) is 0.558. The molecular weight excluding hydrogens is 98.9 g/mol. The molecule has 0 atom stereocenters. The molecule has 8 heavy (non-hydrogen) atoms. The maximum atomic E-state index is 5.14. The lowest BCUT2D eigenvalue weighted by Crippen LogP contribution is -1.63. The summed E-state index contributed by atoms with van der Waals surface area (Å²) in [6, 6.07) is 0. The molecule has 0 amide bonds. The molecule has 0 aliphatic carbocycles. The van der Waals surface area contributed by atoms with Gasteiger partial charge in [-0.1, -0.05) is 26.1 Å². The van der Waals surface area contributed by atoms with E-state index in [-0.39, 0.29) is 0 Å². The number of unbranched alkanes of at least 4 members (excludes halogenated alkanes) is 1. The highest BCUT2D eigenvalue weighted by Crippen LogP contribution is 1.86. The van der Waals surface area contributed by atoms with Gasteiger partial charge < -0.3 is 4.74 Å². The lowest BCUT2D eigenvalue weighted by Gasteiger charge is -1.79. The Balaban J connectivity index is 0. The van der Waals surface area contributed by atoms with Crippen molar-refractivity contribution >= 4 is 7.85 Å². The van der Waals surface area contributed by atoms with E-state index in [1.54, 1.807) is 14.2 Å². The van der Waals surface area contributed by atoms with Crippen LogP contribution in [0, 0.1) is 0 Å². The fourth-order valence-electron chi connectivity index (χ4n) is 0.204. The number of methoxy groups -OCH3 is 1. The molecule has 0 aliphatic heterocycles. The van der Waals surface area contributed by atoms with Gasteiger partial charge in [0.05, 0.1) is 7.85 Å². The van der Waals surface area contributed by atoms with Gasteiger partial charge in [-0.05, 0) is 0 Å². The summed E-state index contributed by atoms with van der Waals surface area (Å²) in [6.07, 6.45) is 3.23. The maximum Gasteiger partial charge on any atom is 0.0652 e. The van der Waals surface area contributed by atoms with Crippen molar-refractivity contribution in [1.29, 1.82) is 0 Å². The van der Waals surface area contributed by atoms with Crippen LogP contribution in [0.2, 0.25) is 6.32 Å². The van der Waals surface area contributed by atoms with Crippen molar-refractivity contribution in [3.05, 3.63) is 0 Å². The first-order valence-corrected chi connectivity index (χ1v) is 2.93. The lowest BCUT2D eigenvalue weighted by atomic mass is 10.0. The van der Waals surface area contributed by atoms with Crippen LogP contribution in [0.15, 0.2) is 0 Å². The van der Waals surface area contributed by atoms with Crippen LogP contribution in [0.25, 0.3) is 0 Å². The van der Waals surface area contributed by atoms with Crippen LogP contribution in [0.4, 0.5) is 0 Å². The van der Waals surface area contributed by atoms with E-state index in [1.807, 2.05) is 0 Å². The minimum Gasteiger partial charge on any atom is -0.388 e. The molecule has 0 bridgehead atoms. The van der Waals surface area contributed by atoms with E-state index in [2.05, 4.69) is 11.7 Å². The summed E-state index contributed by atoms with van der Waals surface area (Å²) >= 11 is 0. The summed E-state index contributed by atoms with van der Waals surface area (Å²) in [6.45, 7) is 2.13. The van der Waals surface area contributed by atoms with Crippen molar-refractivity contribution in [2.45, 2.75) is 26.1 Å². The van der Waals surface area contributed by atoms with Crippen LogP contribution in [-0.2, 0) is 4.74 Å². The Morgan fingerprint density at radius 1 is 1.38 bits per heavy atom. The molecule has 2 radical (unpaired) electrons. The highest BCUT2D eigenvalue weighted by Gasteiger charge is 1.68. The zero-order valence-electron chi connectivity index (χ0n) is 6.11. The molecule has 2 heteroatoms. The maximum absolute atomic E-state index is 5.14. The van der Waals surface area contributed by atoms with E-state index in [0.717, 1.165) is 6.32 Å². The third-order valence-corrected chi connectivity index (χ3v) is 0.558. The standard InChI is InChI=1S/C4H9B.C2H6O/c1-2-3-4-5;1-3-2/h2-4H2,1H3;1-2H3. The molecule has 48 valence electrons. The predicted octanol–water partition coefficient (Wildman–Crippen LogP) is 1.64. The van der Waals surface area contributed by atoms with Crippen LogP contribution < -0.4 is 0 Å². The minimum atomic E-state index is 0.844. The van der Waals surface area contributed by atoms with Crippen LogP contribution in [0.1, 0.15) is 19.8 Å². The summed E-state index contributed by atoms with van der Waals surface area (Å²) in [5, 5.41) is 0. The average Bonchev–Trinajstić information content (AvgIpc) is 1.71. The Bertz CT molecular complexity index is 22.5. The summed E-state index contributed by atoms with van der Waals surface area (Å²) < 4.78 is 4.25. The smallest absolute Gasteiger partial charge is 0.0652 e. The summed E-state index contributed by atoms with van der Waals surface area (Å²) in [4.78, 5) is 0. The SMILES string of the molecule is COC.[B]CCCC. The Kier molecular flexibility index (Phi) is 21.5. The topological polar surface area (TPSA) is 9.23 Å². The first-order chi connectivity index (χ1) is 3.83. The van der Waals surface area contributed by atoms with Gasteiger partial charge in [-0.15, -0.1) is 0 Å². The highest BCUT2D eigenvalue weighted by molar-refractivity contribution is 6.08. The fraction of sp³-hybridized carbons (Fsp3) is 1.00. The second kappa shape index (κ2) is 15.7. The average molecular weight is 114 g/mol. The van der Waals surface area contributed by atoms with Crippen LogP contribution in [-0.4, -0.2) is 22.1 Å². The molecule has 0 fully saturated rings. The molecule has 0 aliphatic rings. The molecular formula is C6H15BO. The third kappa shape index (κ3) is 37.1. The molecule has 0 aromatic carbocycles. The Labute approximate surface area is 53.8 Å². The van der Waals surface area contributed by atoms with Crippen molar-refractivity contribution < 1.29 is 4.74 Å². The van der Waals surface area contributed by atoms with Crippen molar-refractivity contribution in [1.82, 2.24) is 0 Å². The second-order valence-corrected chi connectivity index (χ2v) is 1.55. The van der Waals surface area contributed by atoms with Gasteiger partial charge >= 0.3 is 0 Å². The van der Waals surface area contributed by atoms with Crippen LogP contribution in [0.3, 0.4) is 0 Å². The second-order valence-electron chi connectivity index (χ2n) is 1.55. The molecule has 0 unspecified atom stereocenters. The van der Waals surface area contributed by atoms with E-state index < -0.39 is 0 Å². The summed E-state index contributed by atoms with van der Waals surface area (Å²) in [7, 11) is 8.39. The fourth-order valence-corrected chi connectivity index (χ4v) is 0.204. The van der Waals surface area contributed by atoms with Gasteiger partial charge in [0, 0.05) is 14.2 Å². The zero-order valence-corrected chi connectivity index (χ0v) is 6.11. The van der Waals surface area contributed by atoms with Crippen molar-refractivity contribution in [2.75, 3.05) is 14.2 Å². The number of hydrogen-bond donors (Lipinski definition) is 0. The largest absolute Gasteiger partial charge is 0.388 e. The molecule has 0 saturated carbocycles. The monoisotopic (exact) mass is 114 g/mol. The van der Waals surface area contributed by atoms with Gasteiger partial charge in [-0.2, -0.15) is 0 Å². The van der Waals surface area contributed by atoms with E-state index in [0.29, 0.717) is 0 Å². The molecule has 1 nitrogen and oxygen atoms in total. The number of ether oxygens (including phenoxy) is 1. The van der Waals surface area contributed by atoms with Crippen molar-refractivity contribution in [3.8, 4) is 0 Å². The van der Waals surface area contributed by atoms with E-state index in [4.69, 9.17) is 7.85 Å². The lowest BCUT2D eigenvalue weighted by molar-refractivity contribution is 0.277. The normalized spacial score (nSPS) is 7.38. The van der Waals surface area contributed by atoms with Gasteiger partial charge in [0.25, 0.3) is 0 Å². The van der Waals surface area contributed by atoms with Crippen LogP contribution >= 0.6 is 0 Å². The Hall–Kier alpha value is 0.0249. The van der Waals surface area contributed by atoms with Gasteiger partial charge in [0.1, 0.15) is 0 Å². The molecule has 0 rings (SSSR count). The van der Waals surface area contributed by atoms with Crippen molar-refractivity contribution in [2.24, 2.45) is 0 Å². The molecule has 0 aromatic heterocycles. The first-order valence-electron chi connectivity index (χ1n) is 2.93. The molecule has 0 aromatic rings. The predicted molar refractivity (Wildman–Crippen MR) is 38.4 cm³/mol. The quantitative estimate of drug-likeness (QED) is 0.495. The molecule has 0 N–H and O–H groups in total. The van der Waals surface area contributed by atoms with E-state index in [9.17, 15) is 0 Å². The van der Waals surface area contributed by atoms with Gasteiger partial charge in [0.2, 0.25) is 0 Å². The molecule has 0 heterocycles. The van der Waals surface area contributed by atoms with E-state index in [1.165, 1.54) is 12.8 Å². The first kappa shape index (κ1) is 10.9. The Morgan fingerprint density at radius 2 is 1.75 bits per heavy atom. The van der Waals surface area contributed by atoms with Gasteiger partial charge in [-0.25, -0.2) is 0 Å². The highest BCUT2D eigenvalue weighted by atomic mass is 16.4. The molecule has 0 spiro atoms. The van der Waals surface area contributed by atoms with E-state index >= 15 is 0 Å². The number of rotatable bonds is 2. The Morgan fingerprint density at radius 3 is 1.75 bits per heavy atom. The summed E-state index contributed by atoms with van der Waals surface area (Å²) in [5.41, 5.74) is 0. The van der Waals surface area contributed by atoms with Crippen LogP contribution in [0.5, 0.6) is 0 Å². The molecule has 0 saturated heterocycles. The van der Waals surface area contributed by atoms with Gasteiger partial charge in [-0.3, -0.25) is 0 Å².